The predicted octanol–water partition coefficient (Wildman–Crippen LogP) is 1.23. The quantitative estimate of drug-likeness (QED) is 0.357. The van der Waals surface area contributed by atoms with Crippen molar-refractivity contribution < 1.29 is 28.8 Å². The van der Waals surface area contributed by atoms with E-state index < -0.39 is 28.7 Å². The molecule has 0 saturated heterocycles. The highest BCUT2D eigenvalue weighted by molar-refractivity contribution is 5.96. The lowest BCUT2D eigenvalue weighted by atomic mass is 10.0. The van der Waals surface area contributed by atoms with Crippen molar-refractivity contribution in [2.24, 2.45) is 0 Å². The largest absolute Gasteiger partial charge is 0.490 e. The number of rotatable bonds is 9. The normalized spacial score (nSPS) is 11.1. The van der Waals surface area contributed by atoms with Crippen molar-refractivity contribution >= 4 is 23.5 Å². The molecule has 158 valence electrons. The van der Waals surface area contributed by atoms with Crippen LogP contribution >= 0.6 is 0 Å². The summed E-state index contributed by atoms with van der Waals surface area (Å²) in [5.74, 6) is -1.70. The summed E-state index contributed by atoms with van der Waals surface area (Å²) in [6.45, 7) is -0.357. The zero-order valence-corrected chi connectivity index (χ0v) is 16.4. The van der Waals surface area contributed by atoms with Gasteiger partial charge in [0.1, 0.15) is 6.04 Å². The Hall–Kier alpha value is -3.95. The maximum Gasteiger partial charge on any atom is 0.328 e. The van der Waals surface area contributed by atoms with Gasteiger partial charge >= 0.3 is 11.7 Å². The minimum Gasteiger partial charge on any atom is -0.490 e. The third kappa shape index (κ3) is 6.03. The highest BCUT2D eigenvalue weighted by Crippen LogP contribution is 2.28. The highest BCUT2D eigenvalue weighted by atomic mass is 16.6. The van der Waals surface area contributed by atoms with E-state index in [0.29, 0.717) is 11.1 Å². The molecule has 30 heavy (non-hydrogen) atoms. The molecule has 0 spiro atoms. The van der Waals surface area contributed by atoms with Gasteiger partial charge in [-0.2, -0.15) is 0 Å². The number of benzene rings is 2. The molecule has 0 aromatic heterocycles. The Morgan fingerprint density at radius 3 is 2.40 bits per heavy atom. The molecule has 0 aliphatic carbocycles. The van der Waals surface area contributed by atoms with Crippen LogP contribution in [0.25, 0.3) is 0 Å². The minimum atomic E-state index is -1.09. The number of carbonyl (C=O) groups is 3. The van der Waals surface area contributed by atoms with E-state index in [0.717, 1.165) is 7.11 Å². The van der Waals surface area contributed by atoms with Crippen molar-refractivity contribution in [3.8, 4) is 5.75 Å². The van der Waals surface area contributed by atoms with Crippen LogP contribution in [-0.2, 0) is 20.7 Å². The van der Waals surface area contributed by atoms with Gasteiger partial charge < -0.3 is 20.1 Å². The Bertz CT molecular complexity index is 931. The number of ether oxygens (including phenoxy) is 2. The van der Waals surface area contributed by atoms with Gasteiger partial charge in [0, 0.05) is 18.1 Å². The molecule has 2 aromatic carbocycles. The standard InChI is InChI=1S/C20H21N3O7/c1-29-17-9-8-13(11-16(17)23(27)28)10-15(20(26)30-2)22-18(24)12-21-19(25)14-6-4-3-5-7-14/h3-9,11,15H,10,12H2,1-2H3,(H,21,25)(H,22,24)/t15-/m0/s1. The molecular formula is C20H21N3O7. The van der Waals surface area contributed by atoms with E-state index in [1.807, 2.05) is 0 Å². The maximum absolute atomic E-state index is 12.2. The molecule has 0 bridgehead atoms. The van der Waals surface area contributed by atoms with E-state index in [2.05, 4.69) is 10.6 Å². The molecule has 0 saturated carbocycles. The molecule has 2 aromatic rings. The second kappa shape index (κ2) is 10.6. The Balaban J connectivity index is 2.04. The van der Waals surface area contributed by atoms with Gasteiger partial charge in [-0.05, 0) is 23.8 Å². The zero-order chi connectivity index (χ0) is 22.1. The van der Waals surface area contributed by atoms with E-state index in [4.69, 9.17) is 9.47 Å². The molecule has 2 rings (SSSR count). The van der Waals surface area contributed by atoms with Crippen molar-refractivity contribution in [3.63, 3.8) is 0 Å². The highest BCUT2D eigenvalue weighted by Gasteiger charge is 2.24. The van der Waals surface area contributed by atoms with Crippen molar-refractivity contribution in [2.45, 2.75) is 12.5 Å². The van der Waals surface area contributed by atoms with E-state index in [1.54, 1.807) is 36.4 Å². The fourth-order valence-electron chi connectivity index (χ4n) is 2.67. The Morgan fingerprint density at radius 1 is 1.10 bits per heavy atom. The van der Waals surface area contributed by atoms with Crippen molar-refractivity contribution in [2.75, 3.05) is 20.8 Å². The molecule has 0 aliphatic rings. The number of amides is 2. The molecule has 1 atom stereocenters. The summed E-state index contributed by atoms with van der Waals surface area (Å²) in [6.07, 6.45) is -0.0458. The predicted molar refractivity (Wildman–Crippen MR) is 106 cm³/mol. The number of hydrogen-bond donors (Lipinski definition) is 2. The summed E-state index contributed by atoms with van der Waals surface area (Å²) in [5, 5.41) is 16.1. The van der Waals surface area contributed by atoms with Crippen molar-refractivity contribution in [1.29, 1.82) is 0 Å². The number of nitrogens with one attached hydrogen (secondary N) is 2. The molecule has 0 aliphatic heterocycles. The van der Waals surface area contributed by atoms with Gasteiger partial charge in [-0.3, -0.25) is 19.7 Å². The monoisotopic (exact) mass is 415 g/mol. The average Bonchev–Trinajstić information content (AvgIpc) is 2.76. The Morgan fingerprint density at radius 2 is 1.80 bits per heavy atom. The molecule has 10 nitrogen and oxygen atoms in total. The summed E-state index contributed by atoms with van der Waals surface area (Å²) in [6, 6.07) is 11.5. The topological polar surface area (TPSA) is 137 Å². The van der Waals surface area contributed by atoms with Crippen LogP contribution in [0, 0.1) is 10.1 Å². The van der Waals surface area contributed by atoms with Crippen LogP contribution in [0.15, 0.2) is 48.5 Å². The van der Waals surface area contributed by atoms with Crippen LogP contribution in [0.1, 0.15) is 15.9 Å². The number of methoxy groups -OCH3 is 2. The molecule has 2 N–H and O–H groups in total. The first-order valence-electron chi connectivity index (χ1n) is 8.87. The molecule has 0 unspecified atom stereocenters. The smallest absolute Gasteiger partial charge is 0.328 e. The number of nitro benzene ring substituents is 1. The van der Waals surface area contributed by atoms with Gasteiger partial charge in [0.05, 0.1) is 25.7 Å². The van der Waals surface area contributed by atoms with Crippen LogP contribution in [0.4, 0.5) is 5.69 Å². The van der Waals surface area contributed by atoms with Crippen LogP contribution in [0.5, 0.6) is 5.75 Å². The van der Waals surface area contributed by atoms with E-state index in [9.17, 15) is 24.5 Å². The van der Waals surface area contributed by atoms with Gasteiger partial charge in [0.2, 0.25) is 5.91 Å². The molecule has 10 heteroatoms. The van der Waals surface area contributed by atoms with E-state index in [-0.39, 0.29) is 24.4 Å². The Labute approximate surface area is 172 Å². The summed E-state index contributed by atoms with van der Waals surface area (Å²) in [7, 11) is 2.47. The number of nitro groups is 1. The molecule has 0 radical (unpaired) electrons. The van der Waals surface area contributed by atoms with Gasteiger partial charge in [-0.15, -0.1) is 0 Å². The zero-order valence-electron chi connectivity index (χ0n) is 16.4. The van der Waals surface area contributed by atoms with E-state index >= 15 is 0 Å². The first-order valence-corrected chi connectivity index (χ1v) is 8.87. The summed E-state index contributed by atoms with van der Waals surface area (Å²) < 4.78 is 9.65. The number of carbonyl (C=O) groups excluding carboxylic acids is 3. The van der Waals surface area contributed by atoms with Crippen LogP contribution < -0.4 is 15.4 Å². The lowest BCUT2D eigenvalue weighted by Crippen LogP contribution is -2.47. The van der Waals surface area contributed by atoms with Crippen molar-refractivity contribution in [1.82, 2.24) is 10.6 Å². The van der Waals surface area contributed by atoms with Crippen LogP contribution in [0.3, 0.4) is 0 Å². The lowest BCUT2D eigenvalue weighted by molar-refractivity contribution is -0.385. The van der Waals surface area contributed by atoms with Gasteiger partial charge in [-0.1, -0.05) is 24.3 Å². The first kappa shape index (κ1) is 22.3. The third-order valence-corrected chi connectivity index (χ3v) is 4.15. The van der Waals surface area contributed by atoms with Gasteiger partial charge in [0.25, 0.3) is 5.91 Å². The van der Waals surface area contributed by atoms with Gasteiger partial charge in [-0.25, -0.2) is 4.79 Å². The van der Waals surface area contributed by atoms with Crippen LogP contribution in [-0.4, -0.2) is 49.5 Å². The second-order valence-electron chi connectivity index (χ2n) is 6.16. The second-order valence-corrected chi connectivity index (χ2v) is 6.16. The SMILES string of the molecule is COC(=O)[C@H](Cc1ccc(OC)c([N+](=O)[O-])c1)NC(=O)CNC(=O)c1ccccc1. The Kier molecular flexibility index (Phi) is 7.86. The maximum atomic E-state index is 12.2. The fraction of sp³-hybridized carbons (Fsp3) is 0.250. The fourth-order valence-corrected chi connectivity index (χ4v) is 2.67. The average molecular weight is 415 g/mol. The molecule has 2 amide bonds. The number of nitrogens with zero attached hydrogens (tertiary/aromatic N) is 1. The first-order chi connectivity index (χ1) is 14.3. The summed E-state index contributed by atoms with van der Waals surface area (Å²) >= 11 is 0. The minimum absolute atomic E-state index is 0.0458. The van der Waals surface area contributed by atoms with Crippen molar-refractivity contribution in [3.05, 3.63) is 69.8 Å². The van der Waals surface area contributed by atoms with Crippen LogP contribution in [0.2, 0.25) is 0 Å². The summed E-state index contributed by atoms with van der Waals surface area (Å²) in [4.78, 5) is 46.9. The third-order valence-electron chi connectivity index (χ3n) is 4.15. The lowest BCUT2D eigenvalue weighted by Gasteiger charge is -2.17. The van der Waals surface area contributed by atoms with Gasteiger partial charge in [0.15, 0.2) is 5.75 Å². The van der Waals surface area contributed by atoms with E-state index in [1.165, 1.54) is 19.2 Å². The summed E-state index contributed by atoms with van der Waals surface area (Å²) in [5.41, 5.74) is 0.548. The number of esters is 1. The molecule has 0 heterocycles. The molecular weight excluding hydrogens is 394 g/mol. The molecule has 0 fully saturated rings. The number of hydrogen-bond acceptors (Lipinski definition) is 7.